The molecule has 1 unspecified atom stereocenters. The van der Waals surface area contributed by atoms with Crippen molar-refractivity contribution in [1.82, 2.24) is 26.2 Å². The molecule has 11 heteroatoms. The van der Waals surface area contributed by atoms with Crippen molar-refractivity contribution in [1.29, 1.82) is 0 Å². The van der Waals surface area contributed by atoms with Gasteiger partial charge in [0.2, 0.25) is 23.6 Å². The smallest absolute Gasteiger partial charge is 0.247 e. The van der Waals surface area contributed by atoms with Crippen LogP contribution in [0.25, 0.3) is 6.08 Å². The average Bonchev–Trinajstić information content (AvgIpc) is 3.50. The molecular weight excluding hydrogens is 598 g/mol. The van der Waals surface area contributed by atoms with Gasteiger partial charge in [-0.2, -0.15) is 0 Å². The number of ether oxygens (including phenoxy) is 2. The first-order valence-corrected chi connectivity index (χ1v) is 16.6. The van der Waals surface area contributed by atoms with Gasteiger partial charge in [-0.05, 0) is 55.1 Å². The molecular formula is C36H49N5O6. The van der Waals surface area contributed by atoms with E-state index in [0.29, 0.717) is 42.7 Å². The third-order valence-corrected chi connectivity index (χ3v) is 9.39. The summed E-state index contributed by atoms with van der Waals surface area (Å²) >= 11 is 0. The highest BCUT2D eigenvalue weighted by Crippen LogP contribution is 2.30. The molecule has 11 nitrogen and oxygen atoms in total. The van der Waals surface area contributed by atoms with E-state index in [1.807, 2.05) is 58.0 Å². The molecule has 2 aromatic carbocycles. The number of amides is 4. The van der Waals surface area contributed by atoms with Crippen LogP contribution in [0.15, 0.2) is 54.7 Å². The first kappa shape index (κ1) is 35.5. The molecule has 254 valence electrons. The maximum Gasteiger partial charge on any atom is 0.247 e. The number of carbonyl (C=O) groups excluding carboxylic acids is 4. The molecule has 0 aliphatic carbocycles. The zero-order valence-corrected chi connectivity index (χ0v) is 28.2. The highest BCUT2D eigenvalue weighted by molar-refractivity contribution is 5.96. The maximum absolute atomic E-state index is 14.4. The van der Waals surface area contributed by atoms with Crippen LogP contribution in [0, 0.1) is 11.8 Å². The summed E-state index contributed by atoms with van der Waals surface area (Å²) in [6.45, 7) is 7.96. The Bertz CT molecular complexity index is 1430. The molecule has 0 aromatic heterocycles. The normalized spacial score (nSPS) is 22.8. The third kappa shape index (κ3) is 8.51. The fourth-order valence-corrected chi connectivity index (χ4v) is 6.07. The van der Waals surface area contributed by atoms with Gasteiger partial charge in [0, 0.05) is 24.7 Å². The van der Waals surface area contributed by atoms with Crippen LogP contribution in [0.4, 0.5) is 0 Å². The number of rotatable bonds is 11. The van der Waals surface area contributed by atoms with Crippen LogP contribution < -0.4 is 30.7 Å². The minimum atomic E-state index is -1.03. The second-order valence-electron chi connectivity index (χ2n) is 12.4. The summed E-state index contributed by atoms with van der Waals surface area (Å²) in [5, 5.41) is 11.8. The van der Waals surface area contributed by atoms with Crippen LogP contribution in [0.5, 0.6) is 11.5 Å². The number of likely N-dealkylation sites (N-methyl/N-ethyl adjacent to an activating group) is 1. The van der Waals surface area contributed by atoms with Crippen LogP contribution in [-0.4, -0.2) is 79.5 Å². The molecule has 2 aliphatic heterocycles. The number of nitrogens with zero attached hydrogens (tertiary/aromatic N) is 1. The van der Waals surface area contributed by atoms with Gasteiger partial charge in [0.05, 0.1) is 13.2 Å². The first-order chi connectivity index (χ1) is 22.6. The van der Waals surface area contributed by atoms with E-state index < -0.39 is 36.2 Å². The summed E-state index contributed by atoms with van der Waals surface area (Å²) in [6, 6.07) is 11.6. The van der Waals surface area contributed by atoms with Crippen molar-refractivity contribution in [2.75, 3.05) is 20.7 Å². The van der Waals surface area contributed by atoms with E-state index in [1.165, 1.54) is 11.1 Å². The molecule has 2 aromatic rings. The van der Waals surface area contributed by atoms with Gasteiger partial charge in [-0.1, -0.05) is 70.9 Å². The van der Waals surface area contributed by atoms with Crippen molar-refractivity contribution in [2.24, 2.45) is 11.8 Å². The number of carbonyl (C=O) groups is 4. The zero-order valence-electron chi connectivity index (χ0n) is 28.2. The average molecular weight is 648 g/mol. The van der Waals surface area contributed by atoms with E-state index in [-0.39, 0.29) is 36.1 Å². The van der Waals surface area contributed by atoms with E-state index in [1.54, 1.807) is 38.4 Å². The summed E-state index contributed by atoms with van der Waals surface area (Å²) in [6.07, 6.45) is 4.65. The summed E-state index contributed by atoms with van der Waals surface area (Å²) < 4.78 is 11.9. The lowest BCUT2D eigenvalue weighted by atomic mass is 9.95. The second kappa shape index (κ2) is 16.4. The predicted molar refractivity (Wildman–Crippen MR) is 180 cm³/mol. The molecule has 4 amide bonds. The molecule has 4 rings (SSSR count). The van der Waals surface area contributed by atoms with Gasteiger partial charge in [0.1, 0.15) is 35.7 Å². The van der Waals surface area contributed by atoms with E-state index in [4.69, 9.17) is 9.47 Å². The van der Waals surface area contributed by atoms with E-state index >= 15 is 0 Å². The van der Waals surface area contributed by atoms with Gasteiger partial charge in [-0.25, -0.2) is 0 Å². The molecule has 0 radical (unpaired) electrons. The predicted octanol–water partition coefficient (Wildman–Crippen LogP) is 3.04. The molecule has 2 heterocycles. The van der Waals surface area contributed by atoms with Gasteiger partial charge in [0.25, 0.3) is 0 Å². The van der Waals surface area contributed by atoms with Gasteiger partial charge in [-0.3, -0.25) is 19.2 Å². The van der Waals surface area contributed by atoms with Gasteiger partial charge >= 0.3 is 0 Å². The number of likely N-dealkylation sites (tertiary alicyclic amines) is 1. The fraction of sp³-hybridized carbons (Fsp3) is 0.500. The summed E-state index contributed by atoms with van der Waals surface area (Å²) in [4.78, 5) is 57.0. The van der Waals surface area contributed by atoms with Crippen LogP contribution in [0.3, 0.4) is 0 Å². The summed E-state index contributed by atoms with van der Waals surface area (Å²) in [5.74, 6) is -0.827. The summed E-state index contributed by atoms with van der Waals surface area (Å²) in [7, 11) is 3.28. The molecule has 0 spiro atoms. The lowest BCUT2D eigenvalue weighted by Gasteiger charge is -2.34. The second-order valence-corrected chi connectivity index (χ2v) is 12.4. The maximum atomic E-state index is 14.4. The van der Waals surface area contributed by atoms with Crippen LogP contribution in [0.2, 0.25) is 0 Å². The number of fused-ring (bicyclic) bond motifs is 3. The van der Waals surface area contributed by atoms with Crippen molar-refractivity contribution < 1.29 is 28.7 Å². The van der Waals surface area contributed by atoms with Gasteiger partial charge < -0.3 is 35.6 Å². The summed E-state index contributed by atoms with van der Waals surface area (Å²) in [5.41, 5.74) is 1.67. The largest absolute Gasteiger partial charge is 0.496 e. The van der Waals surface area contributed by atoms with E-state index in [2.05, 4.69) is 21.3 Å². The van der Waals surface area contributed by atoms with E-state index in [0.717, 1.165) is 5.56 Å². The van der Waals surface area contributed by atoms with Crippen LogP contribution >= 0.6 is 0 Å². The SMILES string of the molecule is CCC(C)[C@@H]1NC(=O)[C@@H]2[C@H](CCN2C(=O)[C@@H](NC(=O)[C@H](Cc2ccccc2)NC)[C@@H](C)CC)Oc2ccc(OC)c(c2)/C=C\NC1=O. The lowest BCUT2D eigenvalue weighted by Crippen LogP contribution is -2.61. The third-order valence-electron chi connectivity index (χ3n) is 9.39. The number of nitrogens with one attached hydrogen (secondary N) is 4. The first-order valence-electron chi connectivity index (χ1n) is 16.6. The highest BCUT2D eigenvalue weighted by Gasteiger charge is 2.47. The van der Waals surface area contributed by atoms with E-state index in [9.17, 15) is 19.2 Å². The molecule has 0 saturated carbocycles. The molecule has 2 bridgehead atoms. The fourth-order valence-electron chi connectivity index (χ4n) is 6.07. The zero-order chi connectivity index (χ0) is 34.1. The Hall–Kier alpha value is -4.38. The number of methoxy groups -OCH3 is 1. The van der Waals surface area contributed by atoms with Crippen molar-refractivity contribution in [3.63, 3.8) is 0 Å². The topological polar surface area (TPSA) is 138 Å². The lowest BCUT2D eigenvalue weighted by molar-refractivity contribution is -0.145. The Balaban J connectivity index is 1.66. The molecule has 1 fully saturated rings. The van der Waals surface area contributed by atoms with Crippen molar-refractivity contribution >= 4 is 29.7 Å². The van der Waals surface area contributed by atoms with Gasteiger partial charge in [-0.15, -0.1) is 0 Å². The Morgan fingerprint density at radius 2 is 1.81 bits per heavy atom. The minimum absolute atomic E-state index is 0.187. The highest BCUT2D eigenvalue weighted by atomic mass is 16.5. The molecule has 4 N–H and O–H groups in total. The molecule has 7 atom stereocenters. The Morgan fingerprint density at radius 3 is 2.47 bits per heavy atom. The van der Waals surface area contributed by atoms with Crippen molar-refractivity contribution in [3.8, 4) is 11.5 Å². The monoisotopic (exact) mass is 647 g/mol. The van der Waals surface area contributed by atoms with Crippen LogP contribution in [-0.2, 0) is 25.6 Å². The minimum Gasteiger partial charge on any atom is -0.496 e. The van der Waals surface area contributed by atoms with Crippen molar-refractivity contribution in [2.45, 2.75) is 83.6 Å². The Morgan fingerprint density at radius 1 is 1.06 bits per heavy atom. The van der Waals surface area contributed by atoms with Crippen molar-refractivity contribution in [3.05, 3.63) is 65.9 Å². The quantitative estimate of drug-likeness (QED) is 0.294. The molecule has 47 heavy (non-hydrogen) atoms. The Kier molecular flexibility index (Phi) is 12.4. The Labute approximate surface area is 277 Å². The molecule has 2 aliphatic rings. The number of benzene rings is 2. The van der Waals surface area contributed by atoms with Gasteiger partial charge in [0.15, 0.2) is 0 Å². The number of hydrogen-bond donors (Lipinski definition) is 4. The molecule has 1 saturated heterocycles. The standard InChI is InChI=1S/C36H49N5O6/c1-7-22(3)30-34(43)38-18-16-25-21-26(14-15-28(25)46-6)47-29-17-19-41(32(29)35(44)39-30)36(45)31(23(4)8-2)40-33(42)27(37-5)20-24-12-10-9-11-13-24/h9-16,18,21-23,27,29-32,37H,7-8,17,19-20H2,1-6H3,(H,38,43)(H,39,44)(H,40,42)/b18-16-/t22?,23-,27-,29-,30-,31-,32-/m0/s1. The van der Waals surface area contributed by atoms with Crippen LogP contribution in [0.1, 0.15) is 58.1 Å². The number of hydrogen-bond acceptors (Lipinski definition) is 7.